The van der Waals surface area contributed by atoms with Gasteiger partial charge in [0.25, 0.3) is 0 Å². The Balaban J connectivity index is 1.17. The van der Waals surface area contributed by atoms with E-state index in [-0.39, 0.29) is 17.1 Å². The molecular weight excluding hydrogens is 541 g/mol. The van der Waals surface area contributed by atoms with Crippen molar-refractivity contribution in [2.75, 3.05) is 0 Å². The molecule has 230 valence electrons. The third-order valence-electron chi connectivity index (χ3n) is 10.1. The lowest BCUT2D eigenvalue weighted by atomic mass is 9.68. The van der Waals surface area contributed by atoms with Crippen molar-refractivity contribution in [3.8, 4) is 28.0 Å². The van der Waals surface area contributed by atoms with Gasteiger partial charge in [-0.2, -0.15) is 4.39 Å². The molecule has 2 saturated carbocycles. The molecule has 4 heteroatoms. The monoisotopic (exact) mass is 588 g/mol. The molecule has 2 aliphatic rings. The van der Waals surface area contributed by atoms with Crippen molar-refractivity contribution in [3.05, 3.63) is 90.0 Å². The van der Waals surface area contributed by atoms with Crippen LogP contribution in [0.5, 0.6) is 5.75 Å². The lowest BCUT2D eigenvalue weighted by Crippen LogP contribution is -2.25. The van der Waals surface area contributed by atoms with Crippen molar-refractivity contribution in [2.24, 2.45) is 17.8 Å². The van der Waals surface area contributed by atoms with Crippen LogP contribution in [0.2, 0.25) is 0 Å². The van der Waals surface area contributed by atoms with Gasteiger partial charge in [-0.25, -0.2) is 8.78 Å². The fourth-order valence-electron chi connectivity index (χ4n) is 7.48. The molecular formula is C39H47F3O. The Labute approximate surface area is 256 Å². The van der Waals surface area contributed by atoms with Gasteiger partial charge in [-0.3, -0.25) is 0 Å². The molecule has 0 atom stereocenters. The number of allylic oxidation sites excluding steroid dienone is 1. The van der Waals surface area contributed by atoms with Crippen LogP contribution in [0.3, 0.4) is 0 Å². The minimum atomic E-state index is -1.01. The molecule has 0 spiro atoms. The van der Waals surface area contributed by atoms with Crippen LogP contribution >= 0.6 is 0 Å². The third kappa shape index (κ3) is 7.75. The van der Waals surface area contributed by atoms with Crippen LogP contribution in [-0.2, 0) is 0 Å². The minimum Gasteiger partial charge on any atom is -0.462 e. The predicted octanol–water partition coefficient (Wildman–Crippen LogP) is 12.4. The van der Waals surface area contributed by atoms with Crippen molar-refractivity contribution in [1.29, 1.82) is 0 Å². The highest BCUT2D eigenvalue weighted by molar-refractivity contribution is 5.71. The van der Waals surface area contributed by atoms with Crippen molar-refractivity contribution >= 4 is 0 Å². The summed E-state index contributed by atoms with van der Waals surface area (Å²) in [5.74, 6) is 0.679. The fourth-order valence-corrected chi connectivity index (χ4v) is 7.48. The highest BCUT2D eigenvalue weighted by atomic mass is 19.2. The van der Waals surface area contributed by atoms with E-state index >= 15 is 4.39 Å². The number of halogens is 3. The van der Waals surface area contributed by atoms with Crippen molar-refractivity contribution in [3.63, 3.8) is 0 Å². The topological polar surface area (TPSA) is 9.23 Å². The molecule has 0 bridgehead atoms. The molecule has 1 nitrogen and oxygen atoms in total. The molecule has 0 heterocycles. The smallest absolute Gasteiger partial charge is 0.201 e. The maximum Gasteiger partial charge on any atom is 0.201 e. The van der Waals surface area contributed by atoms with Gasteiger partial charge in [-0.05, 0) is 115 Å². The Kier molecular flexibility index (Phi) is 11.1. The standard InChI is InChI=1S/C39H47F3O/c1-3-5-7-8-27-9-11-28(12-10-27)29-13-17-31(18-14-29)34-22-21-33(26-36(34)40)30-15-19-32(20-16-30)35-23-24-37(39(42)38(35)41)43-25-6-4-2/h6,15-16,19-29,31H,3-5,7-14,17-18H2,1-2H3/b25-6-. The lowest BCUT2D eigenvalue weighted by Gasteiger charge is -2.38. The number of rotatable bonds is 11. The SMILES string of the molecule is CC/C=C\Oc1ccc(-c2ccc(-c3ccc(C4CCC(C5CCC(CCCCC)CC5)CC4)c(F)c3)cc2)c(F)c1F. The fraction of sp³-hybridized carbons (Fsp3) is 0.487. The maximum absolute atomic E-state index is 15.4. The average molecular weight is 589 g/mol. The van der Waals surface area contributed by atoms with Crippen molar-refractivity contribution in [1.82, 2.24) is 0 Å². The molecule has 0 amide bonds. The Hall–Kier alpha value is -3.01. The van der Waals surface area contributed by atoms with Gasteiger partial charge in [0.2, 0.25) is 5.82 Å². The largest absolute Gasteiger partial charge is 0.462 e. The molecule has 0 aliphatic heterocycles. The Morgan fingerprint density at radius 2 is 1.35 bits per heavy atom. The van der Waals surface area contributed by atoms with E-state index in [1.807, 2.05) is 31.2 Å². The molecule has 0 saturated heterocycles. The number of hydrogen-bond acceptors (Lipinski definition) is 1. The van der Waals surface area contributed by atoms with E-state index in [1.54, 1.807) is 24.3 Å². The summed E-state index contributed by atoms with van der Waals surface area (Å²) in [6.07, 6.45) is 19.5. The van der Waals surface area contributed by atoms with E-state index in [0.29, 0.717) is 11.5 Å². The van der Waals surface area contributed by atoms with E-state index in [9.17, 15) is 8.78 Å². The second-order valence-electron chi connectivity index (χ2n) is 12.8. The van der Waals surface area contributed by atoms with Crippen LogP contribution in [0.25, 0.3) is 22.3 Å². The minimum absolute atomic E-state index is 0.140. The Morgan fingerprint density at radius 1 is 0.698 bits per heavy atom. The predicted molar refractivity (Wildman–Crippen MR) is 172 cm³/mol. The summed E-state index contributed by atoms with van der Waals surface area (Å²) in [7, 11) is 0. The van der Waals surface area contributed by atoms with Crippen LogP contribution in [0.1, 0.15) is 109 Å². The number of unbranched alkanes of at least 4 members (excludes halogenated alkanes) is 2. The molecule has 3 aromatic carbocycles. The number of benzene rings is 3. The summed E-state index contributed by atoms with van der Waals surface area (Å²) in [6, 6.07) is 15.7. The summed E-state index contributed by atoms with van der Waals surface area (Å²) in [5, 5.41) is 0. The molecule has 0 unspecified atom stereocenters. The van der Waals surface area contributed by atoms with Crippen LogP contribution in [-0.4, -0.2) is 0 Å². The van der Waals surface area contributed by atoms with Gasteiger partial charge in [0, 0.05) is 5.56 Å². The van der Waals surface area contributed by atoms with Gasteiger partial charge in [-0.15, -0.1) is 0 Å². The quantitative estimate of drug-likeness (QED) is 0.160. The second kappa shape index (κ2) is 15.1. The van der Waals surface area contributed by atoms with Gasteiger partial charge < -0.3 is 4.74 Å². The van der Waals surface area contributed by atoms with Gasteiger partial charge in [0.15, 0.2) is 11.6 Å². The number of hydrogen-bond donors (Lipinski definition) is 0. The van der Waals surface area contributed by atoms with E-state index < -0.39 is 11.6 Å². The van der Waals surface area contributed by atoms with E-state index in [1.165, 1.54) is 82.6 Å². The zero-order valence-corrected chi connectivity index (χ0v) is 25.9. The third-order valence-corrected chi connectivity index (χ3v) is 10.1. The number of ether oxygens (including phenoxy) is 1. The molecule has 2 aliphatic carbocycles. The molecule has 0 N–H and O–H groups in total. The molecule has 5 rings (SSSR count). The van der Waals surface area contributed by atoms with Crippen LogP contribution in [0.15, 0.2) is 66.9 Å². The highest BCUT2D eigenvalue weighted by Gasteiger charge is 2.32. The highest BCUT2D eigenvalue weighted by Crippen LogP contribution is 2.45. The molecule has 3 aromatic rings. The van der Waals surface area contributed by atoms with Crippen LogP contribution in [0.4, 0.5) is 13.2 Å². The zero-order chi connectivity index (χ0) is 30.2. The Bertz CT molecular complexity index is 1350. The van der Waals surface area contributed by atoms with Crippen molar-refractivity contribution < 1.29 is 17.9 Å². The van der Waals surface area contributed by atoms with Crippen molar-refractivity contribution in [2.45, 2.75) is 103 Å². The average Bonchev–Trinajstić information content (AvgIpc) is 3.04. The first-order valence-electron chi connectivity index (χ1n) is 16.7. The van der Waals surface area contributed by atoms with Crippen LogP contribution in [0, 0.1) is 35.2 Å². The normalized spacial score (nSPS) is 22.6. The van der Waals surface area contributed by atoms with Gasteiger partial charge in [-0.1, -0.05) is 88.8 Å². The molecule has 0 aromatic heterocycles. The molecule has 2 fully saturated rings. The first kappa shape index (κ1) is 31.4. The van der Waals surface area contributed by atoms with Gasteiger partial charge >= 0.3 is 0 Å². The second-order valence-corrected chi connectivity index (χ2v) is 12.8. The summed E-state index contributed by atoms with van der Waals surface area (Å²) in [4.78, 5) is 0. The van der Waals surface area contributed by atoms with E-state index in [0.717, 1.165) is 53.7 Å². The summed E-state index contributed by atoms with van der Waals surface area (Å²) in [6.45, 7) is 4.21. The lowest BCUT2D eigenvalue weighted by molar-refractivity contribution is 0.155. The van der Waals surface area contributed by atoms with E-state index in [4.69, 9.17) is 4.74 Å². The van der Waals surface area contributed by atoms with E-state index in [2.05, 4.69) is 6.92 Å². The van der Waals surface area contributed by atoms with Gasteiger partial charge in [0.1, 0.15) is 5.82 Å². The Morgan fingerprint density at radius 3 is 2.00 bits per heavy atom. The molecule has 0 radical (unpaired) electrons. The zero-order valence-electron chi connectivity index (χ0n) is 25.9. The first-order valence-corrected chi connectivity index (χ1v) is 16.7. The summed E-state index contributed by atoms with van der Waals surface area (Å²) in [5.41, 5.74) is 3.18. The van der Waals surface area contributed by atoms with Crippen LogP contribution < -0.4 is 4.74 Å². The summed E-state index contributed by atoms with van der Waals surface area (Å²) >= 11 is 0. The maximum atomic E-state index is 15.4. The first-order chi connectivity index (χ1) is 21.0. The molecule has 43 heavy (non-hydrogen) atoms. The van der Waals surface area contributed by atoms with Gasteiger partial charge in [0.05, 0.1) is 6.26 Å². The summed E-state index contributed by atoms with van der Waals surface area (Å²) < 4.78 is 50.0.